The van der Waals surface area contributed by atoms with E-state index in [0.717, 1.165) is 38.2 Å². The Morgan fingerprint density at radius 1 is 1.53 bits per heavy atom. The van der Waals surface area contributed by atoms with Gasteiger partial charge >= 0.3 is 0 Å². The van der Waals surface area contributed by atoms with Gasteiger partial charge in [0.2, 0.25) is 5.91 Å². The molecule has 0 aliphatic carbocycles. The molecule has 5 nitrogen and oxygen atoms in total. The normalized spacial score (nSPS) is 24.7. The molecule has 0 spiro atoms. The molecule has 0 aromatic rings. The van der Waals surface area contributed by atoms with Gasteiger partial charge in [-0.25, -0.2) is 0 Å². The summed E-state index contributed by atoms with van der Waals surface area (Å²) in [5.41, 5.74) is 0.869. The maximum absolute atomic E-state index is 12.1. The number of rotatable bonds is 5. The molecule has 1 rings (SSSR count). The van der Waals surface area contributed by atoms with Crippen LogP contribution in [0.15, 0.2) is 5.16 Å². The van der Waals surface area contributed by atoms with Gasteiger partial charge in [0.15, 0.2) is 0 Å². The van der Waals surface area contributed by atoms with Gasteiger partial charge < -0.3 is 10.5 Å². The zero-order valence-electron chi connectivity index (χ0n) is 12.5. The lowest BCUT2D eigenvalue weighted by molar-refractivity contribution is -0.126. The van der Waals surface area contributed by atoms with Crippen molar-refractivity contribution < 1.29 is 10.0 Å². The first kappa shape index (κ1) is 16.0. The third-order valence-electron chi connectivity index (χ3n) is 3.81. The lowest BCUT2D eigenvalue weighted by Gasteiger charge is -2.36. The largest absolute Gasteiger partial charge is 0.411 e. The fraction of sp³-hybridized carbons (Fsp3) is 0.857. The predicted octanol–water partition coefficient (Wildman–Crippen LogP) is 1.71. The molecule has 1 amide bonds. The van der Waals surface area contributed by atoms with Gasteiger partial charge in [-0.2, -0.15) is 0 Å². The molecule has 0 radical (unpaired) electrons. The Bertz CT molecular complexity index is 329. The van der Waals surface area contributed by atoms with Crippen LogP contribution in [0, 0.1) is 11.8 Å². The van der Waals surface area contributed by atoms with Gasteiger partial charge in [0.25, 0.3) is 0 Å². The average Bonchev–Trinajstić information content (AvgIpc) is 2.42. The first-order valence-corrected chi connectivity index (χ1v) is 7.22. The van der Waals surface area contributed by atoms with Gasteiger partial charge in [0.1, 0.15) is 0 Å². The van der Waals surface area contributed by atoms with Crippen molar-refractivity contribution in [3.8, 4) is 0 Å². The van der Waals surface area contributed by atoms with Crippen LogP contribution in [0.5, 0.6) is 0 Å². The van der Waals surface area contributed by atoms with Crippen LogP contribution in [0.1, 0.15) is 40.5 Å². The fourth-order valence-electron chi connectivity index (χ4n) is 2.41. The second-order valence-corrected chi connectivity index (χ2v) is 5.76. The number of hydrogen-bond acceptors (Lipinski definition) is 4. The average molecular weight is 269 g/mol. The molecule has 0 aromatic carbocycles. The maximum atomic E-state index is 12.1. The van der Waals surface area contributed by atoms with Crippen molar-refractivity contribution in [1.82, 2.24) is 10.2 Å². The highest BCUT2D eigenvalue weighted by atomic mass is 16.4. The van der Waals surface area contributed by atoms with Crippen LogP contribution in [-0.2, 0) is 4.79 Å². The highest BCUT2D eigenvalue weighted by Crippen LogP contribution is 2.19. The molecule has 1 fully saturated rings. The number of carbonyl (C=O) groups is 1. The standard InChI is InChI=1S/C14H27N3O2/c1-5-12-9-17(7-6-13(12)16-19)11(4)14(18)15-8-10(2)3/h10-12,19H,5-9H2,1-4H3,(H,15,18). The Balaban J connectivity index is 2.53. The van der Waals surface area contributed by atoms with E-state index in [1.165, 1.54) is 0 Å². The molecule has 2 N–H and O–H groups in total. The van der Waals surface area contributed by atoms with Crippen molar-refractivity contribution in [2.75, 3.05) is 19.6 Å². The van der Waals surface area contributed by atoms with Gasteiger partial charge in [0.05, 0.1) is 11.8 Å². The Hall–Kier alpha value is -1.10. The molecule has 110 valence electrons. The molecule has 1 aliphatic heterocycles. The Labute approximate surface area is 116 Å². The molecule has 1 heterocycles. The summed E-state index contributed by atoms with van der Waals surface area (Å²) in [6.45, 7) is 10.5. The van der Waals surface area contributed by atoms with Crippen LogP contribution in [0.3, 0.4) is 0 Å². The number of carbonyl (C=O) groups excluding carboxylic acids is 1. The highest BCUT2D eigenvalue weighted by molar-refractivity contribution is 5.88. The van der Waals surface area contributed by atoms with Gasteiger partial charge in [-0.15, -0.1) is 0 Å². The molecule has 0 bridgehead atoms. The van der Waals surface area contributed by atoms with Gasteiger partial charge in [-0.1, -0.05) is 25.9 Å². The minimum Gasteiger partial charge on any atom is -0.411 e. The summed E-state index contributed by atoms with van der Waals surface area (Å²) in [6.07, 6.45) is 1.69. The molecular weight excluding hydrogens is 242 g/mol. The summed E-state index contributed by atoms with van der Waals surface area (Å²) in [5, 5.41) is 15.3. The lowest BCUT2D eigenvalue weighted by atomic mass is 9.92. The van der Waals surface area contributed by atoms with Gasteiger partial charge in [-0.05, 0) is 19.3 Å². The summed E-state index contributed by atoms with van der Waals surface area (Å²) in [7, 11) is 0. The third kappa shape index (κ3) is 4.49. The summed E-state index contributed by atoms with van der Waals surface area (Å²) in [4.78, 5) is 14.2. The van der Waals surface area contributed by atoms with Crippen molar-refractivity contribution in [1.29, 1.82) is 0 Å². The number of likely N-dealkylation sites (tertiary alicyclic amines) is 1. The van der Waals surface area contributed by atoms with Crippen molar-refractivity contribution in [2.45, 2.75) is 46.6 Å². The third-order valence-corrected chi connectivity index (χ3v) is 3.81. The molecule has 5 heteroatoms. The first-order chi connectivity index (χ1) is 8.99. The minimum absolute atomic E-state index is 0.0907. The monoisotopic (exact) mass is 269 g/mol. The first-order valence-electron chi connectivity index (χ1n) is 7.22. The van der Waals surface area contributed by atoms with Crippen LogP contribution in [-0.4, -0.2) is 47.4 Å². The number of amides is 1. The van der Waals surface area contributed by atoms with Crippen molar-refractivity contribution in [3.63, 3.8) is 0 Å². The van der Waals surface area contributed by atoms with Crippen LogP contribution in [0.2, 0.25) is 0 Å². The van der Waals surface area contributed by atoms with E-state index in [1.807, 2.05) is 6.92 Å². The topological polar surface area (TPSA) is 64.9 Å². The molecule has 0 aromatic heterocycles. The predicted molar refractivity (Wildman–Crippen MR) is 76.5 cm³/mol. The van der Waals surface area contributed by atoms with Crippen molar-refractivity contribution in [3.05, 3.63) is 0 Å². The summed E-state index contributed by atoms with van der Waals surface area (Å²) >= 11 is 0. The van der Waals surface area contributed by atoms with E-state index >= 15 is 0 Å². The molecule has 1 aliphatic rings. The maximum Gasteiger partial charge on any atom is 0.237 e. The van der Waals surface area contributed by atoms with Crippen LogP contribution in [0.25, 0.3) is 0 Å². The van der Waals surface area contributed by atoms with Crippen molar-refractivity contribution >= 4 is 11.6 Å². The van der Waals surface area contributed by atoms with Crippen molar-refractivity contribution in [2.24, 2.45) is 17.0 Å². The van der Waals surface area contributed by atoms with E-state index < -0.39 is 0 Å². The zero-order valence-corrected chi connectivity index (χ0v) is 12.5. The van der Waals surface area contributed by atoms with E-state index in [9.17, 15) is 4.79 Å². The SMILES string of the molecule is CCC1CN(C(C)C(=O)NCC(C)C)CCC1=NO. The number of piperidine rings is 1. The molecule has 19 heavy (non-hydrogen) atoms. The van der Waals surface area contributed by atoms with E-state index in [1.54, 1.807) is 0 Å². The van der Waals surface area contributed by atoms with Gasteiger partial charge in [-0.3, -0.25) is 9.69 Å². The molecule has 2 atom stereocenters. The van der Waals surface area contributed by atoms with Gasteiger partial charge in [0, 0.05) is 32.0 Å². The molecule has 0 saturated carbocycles. The van der Waals surface area contributed by atoms with Crippen LogP contribution in [0.4, 0.5) is 0 Å². The summed E-state index contributed by atoms with van der Waals surface area (Å²) in [5.74, 6) is 0.820. The van der Waals surface area contributed by atoms with Crippen LogP contribution >= 0.6 is 0 Å². The second kappa shape index (κ2) is 7.48. The zero-order chi connectivity index (χ0) is 14.4. The van der Waals surface area contributed by atoms with E-state index in [-0.39, 0.29) is 17.9 Å². The van der Waals surface area contributed by atoms with E-state index in [4.69, 9.17) is 5.21 Å². The number of hydrogen-bond donors (Lipinski definition) is 2. The number of nitrogens with one attached hydrogen (secondary N) is 1. The highest BCUT2D eigenvalue weighted by Gasteiger charge is 2.30. The quantitative estimate of drug-likeness (QED) is 0.590. The fourth-order valence-corrected chi connectivity index (χ4v) is 2.41. The molecular formula is C14H27N3O2. The van der Waals surface area contributed by atoms with E-state index in [0.29, 0.717) is 5.92 Å². The minimum atomic E-state index is -0.118. The molecule has 2 unspecified atom stereocenters. The molecule has 1 saturated heterocycles. The number of oxime groups is 1. The Kier molecular flexibility index (Phi) is 6.28. The second-order valence-electron chi connectivity index (χ2n) is 5.76. The van der Waals surface area contributed by atoms with Crippen LogP contribution < -0.4 is 5.32 Å². The summed E-state index contributed by atoms with van der Waals surface area (Å²) in [6, 6.07) is -0.118. The lowest BCUT2D eigenvalue weighted by Crippen LogP contribution is -2.51. The number of nitrogens with zero attached hydrogens (tertiary/aromatic N) is 2. The Morgan fingerprint density at radius 3 is 2.74 bits per heavy atom. The Morgan fingerprint density at radius 2 is 2.21 bits per heavy atom. The smallest absolute Gasteiger partial charge is 0.237 e. The van der Waals surface area contributed by atoms with E-state index in [2.05, 4.69) is 36.1 Å². The summed E-state index contributed by atoms with van der Waals surface area (Å²) < 4.78 is 0.